The van der Waals surface area contributed by atoms with Crippen molar-refractivity contribution in [1.82, 2.24) is 9.21 Å². The van der Waals surface area contributed by atoms with Gasteiger partial charge in [-0.05, 0) is 32.6 Å². The maximum absolute atomic E-state index is 12.5. The Kier molecular flexibility index (Phi) is 4.64. The SMILES string of the molecule is CCOC(=O)[C@@H]1CCCN(C(=O)C2CN(S(=O)(=O)C3CC3)C2)C1. The molecular weight excluding hydrogens is 320 g/mol. The molecule has 0 radical (unpaired) electrons. The van der Waals surface area contributed by atoms with E-state index in [4.69, 9.17) is 4.74 Å². The Labute approximate surface area is 137 Å². The summed E-state index contributed by atoms with van der Waals surface area (Å²) in [6.45, 7) is 3.73. The van der Waals surface area contributed by atoms with E-state index in [1.807, 2.05) is 0 Å². The molecule has 1 atom stereocenters. The zero-order valence-electron chi connectivity index (χ0n) is 13.4. The minimum Gasteiger partial charge on any atom is -0.466 e. The first-order valence-corrected chi connectivity index (χ1v) is 9.88. The molecule has 23 heavy (non-hydrogen) atoms. The molecular formula is C15H24N2O5S. The zero-order chi connectivity index (χ0) is 16.6. The second kappa shape index (κ2) is 6.39. The van der Waals surface area contributed by atoms with Gasteiger partial charge in [0.25, 0.3) is 0 Å². The topological polar surface area (TPSA) is 84.0 Å². The van der Waals surface area contributed by atoms with Crippen molar-refractivity contribution in [3.8, 4) is 0 Å². The highest BCUT2D eigenvalue weighted by molar-refractivity contribution is 7.90. The van der Waals surface area contributed by atoms with Gasteiger partial charge in [-0.1, -0.05) is 0 Å². The van der Waals surface area contributed by atoms with Crippen LogP contribution < -0.4 is 0 Å². The molecule has 3 rings (SSSR count). The summed E-state index contributed by atoms with van der Waals surface area (Å²) in [5, 5.41) is -0.221. The van der Waals surface area contributed by atoms with Crippen LogP contribution in [0.25, 0.3) is 0 Å². The summed E-state index contributed by atoms with van der Waals surface area (Å²) < 4.78 is 30.6. The average Bonchev–Trinajstić information content (AvgIpc) is 3.30. The van der Waals surface area contributed by atoms with Crippen LogP contribution in [0, 0.1) is 11.8 Å². The molecule has 1 aliphatic carbocycles. The predicted octanol–water partition coefficient (Wildman–Crippen LogP) is 0.212. The minimum absolute atomic E-state index is 0.0266. The van der Waals surface area contributed by atoms with Crippen molar-refractivity contribution < 1.29 is 22.7 Å². The highest BCUT2D eigenvalue weighted by Gasteiger charge is 2.48. The molecule has 3 fully saturated rings. The summed E-state index contributed by atoms with van der Waals surface area (Å²) in [6, 6.07) is 0. The molecule has 3 aliphatic rings. The number of esters is 1. The molecule has 1 amide bonds. The van der Waals surface area contributed by atoms with Crippen LogP contribution in [0.15, 0.2) is 0 Å². The Hall–Kier alpha value is -1.15. The van der Waals surface area contributed by atoms with E-state index in [-0.39, 0.29) is 42.1 Å². The highest BCUT2D eigenvalue weighted by atomic mass is 32.2. The van der Waals surface area contributed by atoms with Gasteiger partial charge in [0.2, 0.25) is 15.9 Å². The summed E-state index contributed by atoms with van der Waals surface area (Å²) in [4.78, 5) is 26.1. The lowest BCUT2D eigenvalue weighted by Gasteiger charge is -2.41. The van der Waals surface area contributed by atoms with Gasteiger partial charge in [-0.2, -0.15) is 4.31 Å². The van der Waals surface area contributed by atoms with Gasteiger partial charge in [-0.25, -0.2) is 8.42 Å². The van der Waals surface area contributed by atoms with Crippen molar-refractivity contribution in [2.24, 2.45) is 11.8 Å². The first-order chi connectivity index (χ1) is 10.9. The fourth-order valence-corrected chi connectivity index (χ4v) is 5.20. The quantitative estimate of drug-likeness (QED) is 0.666. The van der Waals surface area contributed by atoms with E-state index < -0.39 is 10.0 Å². The number of hydrogen-bond acceptors (Lipinski definition) is 5. The molecule has 0 aromatic heterocycles. The summed E-state index contributed by atoms with van der Waals surface area (Å²) in [5.74, 6) is -0.777. The normalized spacial score (nSPS) is 26.7. The van der Waals surface area contributed by atoms with Crippen LogP contribution >= 0.6 is 0 Å². The lowest BCUT2D eigenvalue weighted by Crippen LogP contribution is -2.58. The van der Waals surface area contributed by atoms with Crippen LogP contribution in [-0.2, 0) is 24.3 Å². The Morgan fingerprint density at radius 2 is 1.78 bits per heavy atom. The van der Waals surface area contributed by atoms with E-state index in [1.165, 1.54) is 4.31 Å². The third-order valence-electron chi connectivity index (χ3n) is 4.86. The summed E-state index contributed by atoms with van der Waals surface area (Å²) in [7, 11) is -3.17. The van der Waals surface area contributed by atoms with Crippen LogP contribution in [-0.4, -0.2) is 67.5 Å². The Bertz CT molecular complexity index is 581. The van der Waals surface area contributed by atoms with Crippen LogP contribution in [0.2, 0.25) is 0 Å². The van der Waals surface area contributed by atoms with Crippen LogP contribution in [0.1, 0.15) is 32.6 Å². The number of likely N-dealkylation sites (tertiary alicyclic amines) is 1. The van der Waals surface area contributed by atoms with Crippen LogP contribution in [0.4, 0.5) is 0 Å². The van der Waals surface area contributed by atoms with E-state index in [9.17, 15) is 18.0 Å². The smallest absolute Gasteiger partial charge is 0.310 e. The second-order valence-electron chi connectivity index (χ2n) is 6.63. The highest BCUT2D eigenvalue weighted by Crippen LogP contribution is 2.35. The molecule has 2 heterocycles. The van der Waals surface area contributed by atoms with Crippen molar-refractivity contribution in [3.05, 3.63) is 0 Å². The van der Waals surface area contributed by atoms with Crippen molar-refractivity contribution in [3.63, 3.8) is 0 Å². The first-order valence-electron chi connectivity index (χ1n) is 8.38. The van der Waals surface area contributed by atoms with Crippen molar-refractivity contribution >= 4 is 21.9 Å². The Morgan fingerprint density at radius 1 is 1.09 bits per heavy atom. The molecule has 0 unspecified atom stereocenters. The van der Waals surface area contributed by atoms with Gasteiger partial charge >= 0.3 is 5.97 Å². The van der Waals surface area contributed by atoms with Gasteiger partial charge in [0.05, 0.1) is 23.7 Å². The summed E-state index contributed by atoms with van der Waals surface area (Å²) in [5.41, 5.74) is 0. The standard InChI is InChI=1S/C15H24N2O5S/c1-2-22-15(19)11-4-3-7-16(8-11)14(18)12-9-17(10-12)23(20,21)13-5-6-13/h11-13H,2-10H2,1H3/t11-/m1/s1. The molecule has 0 bridgehead atoms. The molecule has 0 aromatic carbocycles. The first kappa shape index (κ1) is 16.7. The monoisotopic (exact) mass is 344 g/mol. The van der Waals surface area contributed by atoms with Crippen molar-refractivity contribution in [2.75, 3.05) is 32.8 Å². The zero-order valence-corrected chi connectivity index (χ0v) is 14.3. The largest absolute Gasteiger partial charge is 0.466 e. The number of hydrogen-bond donors (Lipinski definition) is 0. The second-order valence-corrected chi connectivity index (χ2v) is 8.85. The van der Waals surface area contributed by atoms with Gasteiger partial charge < -0.3 is 9.64 Å². The van der Waals surface area contributed by atoms with Gasteiger partial charge in [0.1, 0.15) is 0 Å². The van der Waals surface area contributed by atoms with E-state index >= 15 is 0 Å². The van der Waals surface area contributed by atoms with Crippen molar-refractivity contribution in [2.45, 2.75) is 37.9 Å². The molecule has 0 spiro atoms. The third-order valence-corrected chi connectivity index (χ3v) is 7.19. The van der Waals surface area contributed by atoms with E-state index in [0.717, 1.165) is 25.7 Å². The van der Waals surface area contributed by atoms with Gasteiger partial charge in [-0.3, -0.25) is 9.59 Å². The number of carbonyl (C=O) groups excluding carboxylic acids is 2. The van der Waals surface area contributed by atoms with Crippen molar-refractivity contribution in [1.29, 1.82) is 0 Å². The molecule has 0 aromatic rings. The number of sulfonamides is 1. The van der Waals surface area contributed by atoms with Crippen LogP contribution in [0.3, 0.4) is 0 Å². The van der Waals surface area contributed by atoms with Gasteiger partial charge in [0, 0.05) is 26.2 Å². The fourth-order valence-electron chi connectivity index (χ4n) is 3.27. The number of ether oxygens (including phenoxy) is 1. The Morgan fingerprint density at radius 3 is 2.39 bits per heavy atom. The number of amides is 1. The summed E-state index contributed by atoms with van der Waals surface area (Å²) in [6.07, 6.45) is 3.01. The molecule has 1 saturated carbocycles. The Balaban J connectivity index is 1.52. The predicted molar refractivity (Wildman–Crippen MR) is 82.9 cm³/mol. The van der Waals surface area contributed by atoms with E-state index in [0.29, 0.717) is 19.7 Å². The maximum atomic E-state index is 12.5. The average molecular weight is 344 g/mol. The van der Waals surface area contributed by atoms with E-state index in [2.05, 4.69) is 0 Å². The maximum Gasteiger partial charge on any atom is 0.310 e. The lowest BCUT2D eigenvalue weighted by atomic mass is 9.95. The molecule has 8 heteroatoms. The fraction of sp³-hybridized carbons (Fsp3) is 0.867. The summed E-state index contributed by atoms with van der Waals surface area (Å²) >= 11 is 0. The minimum atomic E-state index is -3.17. The number of rotatable bonds is 5. The number of nitrogens with zero attached hydrogens (tertiary/aromatic N) is 2. The van der Waals surface area contributed by atoms with Gasteiger partial charge in [-0.15, -0.1) is 0 Å². The van der Waals surface area contributed by atoms with Crippen LogP contribution in [0.5, 0.6) is 0 Å². The van der Waals surface area contributed by atoms with E-state index in [1.54, 1.807) is 11.8 Å². The molecule has 2 aliphatic heterocycles. The number of carbonyl (C=O) groups is 2. The molecule has 130 valence electrons. The van der Waals surface area contributed by atoms with Gasteiger partial charge in [0.15, 0.2) is 0 Å². The lowest BCUT2D eigenvalue weighted by molar-refractivity contribution is -0.152. The third kappa shape index (κ3) is 3.38. The molecule has 0 N–H and O–H groups in total. The molecule has 2 saturated heterocycles. The number of piperidine rings is 1. The molecule has 7 nitrogen and oxygen atoms in total.